The Balaban J connectivity index is 1.64. The molecule has 0 spiro atoms. The molecule has 1 saturated heterocycles. The van der Waals surface area contributed by atoms with Crippen molar-refractivity contribution in [2.24, 2.45) is 0 Å². The van der Waals surface area contributed by atoms with E-state index in [1.165, 1.54) is 0 Å². The maximum absolute atomic E-state index is 11.7. The number of benzene rings is 1. The molecular weight excluding hydrogens is 292 g/mol. The number of hydrogen-bond acceptors (Lipinski definition) is 5. The second-order valence-electron chi connectivity index (χ2n) is 5.88. The topological polar surface area (TPSA) is 62.5 Å². The number of para-hydroxylation sites is 1. The van der Waals surface area contributed by atoms with Crippen LogP contribution in [0.4, 0.5) is 5.82 Å². The van der Waals surface area contributed by atoms with Crippen molar-refractivity contribution in [2.45, 2.75) is 12.8 Å². The van der Waals surface area contributed by atoms with Crippen LogP contribution >= 0.6 is 0 Å². The number of hydrogen-bond donors (Lipinski definition) is 0. The average molecular weight is 310 g/mol. The molecule has 4 rings (SSSR count). The third-order valence-electron chi connectivity index (χ3n) is 4.38. The number of aromatic nitrogens is 2. The summed E-state index contributed by atoms with van der Waals surface area (Å²) in [6.45, 7) is 2.28. The molecule has 6 nitrogen and oxygen atoms in total. The van der Waals surface area contributed by atoms with Crippen molar-refractivity contribution < 1.29 is 9.21 Å². The molecule has 0 radical (unpaired) electrons. The Hall–Kier alpha value is -2.63. The zero-order chi connectivity index (χ0) is 15.8. The summed E-state index contributed by atoms with van der Waals surface area (Å²) in [7, 11) is 1.97. The minimum atomic E-state index is 0.245. The molecule has 3 aromatic rings. The Morgan fingerprint density at radius 2 is 2.17 bits per heavy atom. The fourth-order valence-electron chi connectivity index (χ4n) is 3.10. The van der Waals surface area contributed by atoms with Gasteiger partial charge in [-0.25, -0.2) is 9.97 Å². The summed E-state index contributed by atoms with van der Waals surface area (Å²) in [4.78, 5) is 24.4. The SMILES string of the molecule is CN(CCN1CCCC1=O)c1ncnc2c1oc1ccccc12. The number of rotatable bonds is 4. The maximum atomic E-state index is 11.7. The Kier molecular flexibility index (Phi) is 3.37. The van der Waals surface area contributed by atoms with Crippen LogP contribution < -0.4 is 4.90 Å². The fourth-order valence-corrected chi connectivity index (χ4v) is 3.10. The van der Waals surface area contributed by atoms with Crippen molar-refractivity contribution in [1.29, 1.82) is 0 Å². The zero-order valence-electron chi connectivity index (χ0n) is 13.0. The summed E-state index contributed by atoms with van der Waals surface area (Å²) >= 11 is 0. The fraction of sp³-hybridized carbons (Fsp3) is 0.353. The number of carbonyl (C=O) groups excluding carboxylic acids is 1. The number of anilines is 1. The second kappa shape index (κ2) is 5.53. The first-order valence-electron chi connectivity index (χ1n) is 7.85. The molecule has 0 atom stereocenters. The predicted octanol–water partition coefficient (Wildman–Crippen LogP) is 2.43. The number of likely N-dealkylation sites (tertiary alicyclic amines) is 1. The number of nitrogens with zero attached hydrogens (tertiary/aromatic N) is 4. The molecule has 6 heteroatoms. The summed E-state index contributed by atoms with van der Waals surface area (Å²) in [5, 5.41) is 0.995. The molecule has 0 saturated carbocycles. The van der Waals surface area contributed by atoms with Gasteiger partial charge < -0.3 is 14.2 Å². The van der Waals surface area contributed by atoms with E-state index in [2.05, 4.69) is 9.97 Å². The third-order valence-corrected chi connectivity index (χ3v) is 4.38. The van der Waals surface area contributed by atoms with E-state index in [1.54, 1.807) is 6.33 Å². The first kappa shape index (κ1) is 14.0. The third kappa shape index (κ3) is 2.40. The summed E-state index contributed by atoms with van der Waals surface area (Å²) in [6.07, 6.45) is 3.20. The van der Waals surface area contributed by atoms with Crippen molar-refractivity contribution >= 4 is 33.8 Å². The summed E-state index contributed by atoms with van der Waals surface area (Å²) in [6, 6.07) is 7.85. The van der Waals surface area contributed by atoms with Gasteiger partial charge in [0.1, 0.15) is 17.4 Å². The molecule has 1 aromatic carbocycles. The Morgan fingerprint density at radius 3 is 3.00 bits per heavy atom. The van der Waals surface area contributed by atoms with Crippen molar-refractivity contribution in [3.63, 3.8) is 0 Å². The monoisotopic (exact) mass is 310 g/mol. The maximum Gasteiger partial charge on any atom is 0.222 e. The lowest BCUT2D eigenvalue weighted by atomic mass is 10.2. The zero-order valence-corrected chi connectivity index (χ0v) is 13.0. The Labute approximate surface area is 133 Å². The smallest absolute Gasteiger partial charge is 0.222 e. The van der Waals surface area contributed by atoms with Gasteiger partial charge >= 0.3 is 0 Å². The average Bonchev–Trinajstić information content (AvgIpc) is 3.15. The van der Waals surface area contributed by atoms with Gasteiger partial charge in [0, 0.05) is 38.5 Å². The lowest BCUT2D eigenvalue weighted by molar-refractivity contribution is -0.127. The van der Waals surface area contributed by atoms with Gasteiger partial charge in [0.2, 0.25) is 5.91 Å². The van der Waals surface area contributed by atoms with E-state index in [4.69, 9.17) is 4.42 Å². The molecule has 3 heterocycles. The summed E-state index contributed by atoms with van der Waals surface area (Å²) < 4.78 is 5.95. The lowest BCUT2D eigenvalue weighted by Gasteiger charge is -2.22. The van der Waals surface area contributed by atoms with E-state index >= 15 is 0 Å². The van der Waals surface area contributed by atoms with Crippen LogP contribution in [0.15, 0.2) is 35.0 Å². The van der Waals surface area contributed by atoms with Crippen molar-refractivity contribution in [3.8, 4) is 0 Å². The van der Waals surface area contributed by atoms with Gasteiger partial charge in [-0.05, 0) is 18.6 Å². The summed E-state index contributed by atoms with van der Waals surface area (Å²) in [5.41, 5.74) is 2.34. The minimum Gasteiger partial charge on any atom is -0.450 e. The molecule has 0 bridgehead atoms. The van der Waals surface area contributed by atoms with Crippen LogP contribution in [0.3, 0.4) is 0 Å². The number of amides is 1. The van der Waals surface area contributed by atoms with E-state index in [-0.39, 0.29) is 5.91 Å². The normalized spacial score (nSPS) is 15.0. The standard InChI is InChI=1S/C17H18N4O2/c1-20(9-10-21-8-4-7-14(21)22)17-16-15(18-11-19-17)12-5-2-3-6-13(12)23-16/h2-3,5-6,11H,4,7-10H2,1H3. The molecule has 1 fully saturated rings. The van der Waals surface area contributed by atoms with Crippen molar-refractivity contribution in [2.75, 3.05) is 31.6 Å². The van der Waals surface area contributed by atoms with Gasteiger partial charge in [0.05, 0.1) is 0 Å². The minimum absolute atomic E-state index is 0.245. The first-order valence-corrected chi connectivity index (χ1v) is 7.85. The summed E-state index contributed by atoms with van der Waals surface area (Å²) in [5.74, 6) is 1.01. The van der Waals surface area contributed by atoms with Crippen LogP contribution in [0.25, 0.3) is 22.1 Å². The molecule has 0 unspecified atom stereocenters. The Morgan fingerprint density at radius 1 is 1.30 bits per heavy atom. The molecule has 1 aliphatic heterocycles. The van der Waals surface area contributed by atoms with E-state index < -0.39 is 0 Å². The predicted molar refractivity (Wildman–Crippen MR) is 88.4 cm³/mol. The van der Waals surface area contributed by atoms with E-state index in [9.17, 15) is 4.79 Å². The molecule has 118 valence electrons. The lowest BCUT2D eigenvalue weighted by Crippen LogP contribution is -2.34. The highest BCUT2D eigenvalue weighted by atomic mass is 16.3. The van der Waals surface area contributed by atoms with Crippen LogP contribution in [-0.2, 0) is 4.79 Å². The van der Waals surface area contributed by atoms with Gasteiger partial charge in [-0.2, -0.15) is 0 Å². The molecule has 1 aliphatic rings. The number of furan rings is 1. The van der Waals surface area contributed by atoms with Crippen LogP contribution in [0, 0.1) is 0 Å². The van der Waals surface area contributed by atoms with E-state index in [0.717, 1.165) is 41.8 Å². The van der Waals surface area contributed by atoms with Gasteiger partial charge in [-0.3, -0.25) is 4.79 Å². The molecule has 0 N–H and O–H groups in total. The number of carbonyl (C=O) groups is 1. The van der Waals surface area contributed by atoms with Gasteiger partial charge in [-0.1, -0.05) is 12.1 Å². The second-order valence-corrected chi connectivity index (χ2v) is 5.88. The van der Waals surface area contributed by atoms with Crippen LogP contribution in [0.5, 0.6) is 0 Å². The quantitative estimate of drug-likeness (QED) is 0.740. The van der Waals surface area contributed by atoms with Gasteiger partial charge in [-0.15, -0.1) is 0 Å². The largest absolute Gasteiger partial charge is 0.450 e. The molecule has 2 aromatic heterocycles. The molecule has 23 heavy (non-hydrogen) atoms. The van der Waals surface area contributed by atoms with Gasteiger partial charge in [0.15, 0.2) is 11.4 Å². The van der Waals surface area contributed by atoms with Crippen LogP contribution in [0.1, 0.15) is 12.8 Å². The first-order chi connectivity index (χ1) is 11.2. The van der Waals surface area contributed by atoms with Crippen LogP contribution in [0.2, 0.25) is 0 Å². The van der Waals surface area contributed by atoms with Crippen LogP contribution in [-0.4, -0.2) is 47.5 Å². The molecule has 1 amide bonds. The van der Waals surface area contributed by atoms with E-state index in [1.807, 2.05) is 41.1 Å². The number of fused-ring (bicyclic) bond motifs is 3. The Bertz CT molecular complexity index is 873. The van der Waals surface area contributed by atoms with E-state index in [0.29, 0.717) is 18.5 Å². The molecule has 0 aliphatic carbocycles. The highest BCUT2D eigenvalue weighted by molar-refractivity contribution is 6.05. The van der Waals surface area contributed by atoms with Gasteiger partial charge in [0.25, 0.3) is 0 Å². The number of likely N-dealkylation sites (N-methyl/N-ethyl adjacent to an activating group) is 1. The highest BCUT2D eigenvalue weighted by Crippen LogP contribution is 2.31. The molecular formula is C17H18N4O2. The highest BCUT2D eigenvalue weighted by Gasteiger charge is 2.21. The van der Waals surface area contributed by atoms with Crippen molar-refractivity contribution in [1.82, 2.24) is 14.9 Å². The van der Waals surface area contributed by atoms with Crippen molar-refractivity contribution in [3.05, 3.63) is 30.6 Å².